The van der Waals surface area contributed by atoms with Crippen LogP contribution in [0.15, 0.2) is 52.2 Å². The smallest absolute Gasteiger partial charge is 0.326 e. The largest absolute Gasteiger partial charge is 0.381 e. The molecule has 0 radical (unpaired) electrons. The zero-order chi connectivity index (χ0) is 23.6. The number of nitrogens with zero attached hydrogens (tertiary/aromatic N) is 2. The van der Waals surface area contributed by atoms with Crippen LogP contribution in [-0.4, -0.2) is 37.7 Å². The highest BCUT2D eigenvalue weighted by molar-refractivity contribution is 7.92. The Hall–Kier alpha value is -2.58. The first-order valence-electron chi connectivity index (χ1n) is 11.7. The number of benzene rings is 2. The lowest BCUT2D eigenvalue weighted by atomic mass is 10.0. The molecule has 8 heteroatoms. The first kappa shape index (κ1) is 23.6. The number of hydrogen-bond acceptors (Lipinski definition) is 4. The molecule has 2 heterocycles. The van der Waals surface area contributed by atoms with Crippen LogP contribution in [0.5, 0.6) is 0 Å². The van der Waals surface area contributed by atoms with Crippen molar-refractivity contribution in [2.24, 2.45) is 11.8 Å². The van der Waals surface area contributed by atoms with Gasteiger partial charge in [0.25, 0.3) is 10.0 Å². The van der Waals surface area contributed by atoms with Gasteiger partial charge >= 0.3 is 5.69 Å². The van der Waals surface area contributed by atoms with Crippen LogP contribution < -0.4 is 9.99 Å². The summed E-state index contributed by atoms with van der Waals surface area (Å²) in [6.45, 7) is 8.40. The fraction of sp³-hybridized carbons (Fsp3) is 0.480. The molecule has 1 aliphatic heterocycles. The number of sulfonamides is 1. The van der Waals surface area contributed by atoms with Crippen molar-refractivity contribution in [3.63, 3.8) is 0 Å². The van der Waals surface area contributed by atoms with E-state index in [0.29, 0.717) is 48.9 Å². The van der Waals surface area contributed by atoms with Crippen LogP contribution in [0.1, 0.15) is 39.2 Å². The summed E-state index contributed by atoms with van der Waals surface area (Å²) in [6.07, 6.45) is 2.69. The Labute approximate surface area is 195 Å². The molecule has 0 aliphatic carbocycles. The van der Waals surface area contributed by atoms with E-state index in [1.54, 1.807) is 22.8 Å². The summed E-state index contributed by atoms with van der Waals surface area (Å²) in [5.74, 6) is 0.485. The fourth-order valence-electron chi connectivity index (χ4n) is 4.36. The summed E-state index contributed by atoms with van der Waals surface area (Å²) < 4.78 is 36.2. The van der Waals surface area contributed by atoms with Crippen molar-refractivity contribution in [3.05, 3.63) is 58.5 Å². The number of aromatic amines is 1. The second-order valence-electron chi connectivity index (χ2n) is 9.23. The van der Waals surface area contributed by atoms with Gasteiger partial charge in [-0.25, -0.2) is 13.2 Å². The normalized spacial score (nSPS) is 15.4. The monoisotopic (exact) mass is 471 g/mol. The molecule has 1 fully saturated rings. The molecule has 178 valence electrons. The first-order chi connectivity index (χ1) is 15.8. The van der Waals surface area contributed by atoms with Crippen LogP contribution >= 0.6 is 0 Å². The topological polar surface area (TPSA) is 84.4 Å². The maximum absolute atomic E-state index is 13.8. The lowest BCUT2D eigenvalue weighted by molar-refractivity contribution is 0.0613. The summed E-state index contributed by atoms with van der Waals surface area (Å²) in [7, 11) is -3.82. The molecule has 1 aromatic heterocycles. The highest BCUT2D eigenvalue weighted by Gasteiger charge is 2.27. The van der Waals surface area contributed by atoms with E-state index >= 15 is 0 Å². The number of nitrogens with one attached hydrogen (secondary N) is 1. The van der Waals surface area contributed by atoms with Crippen LogP contribution in [0.3, 0.4) is 0 Å². The minimum absolute atomic E-state index is 0.147. The number of aromatic nitrogens is 2. The molecule has 0 unspecified atom stereocenters. The average Bonchev–Trinajstić information content (AvgIpc) is 3.12. The van der Waals surface area contributed by atoms with Crippen molar-refractivity contribution in [2.45, 2.75) is 51.5 Å². The van der Waals surface area contributed by atoms with Gasteiger partial charge in [-0.1, -0.05) is 32.9 Å². The standard InChI is InChI=1S/C25H33N3O4S/c1-4-19-5-7-21(8-6-19)28(16-18(2)3)33(30,31)22-9-10-23-24(15-22)27(25(29)26-23)17-20-11-13-32-14-12-20/h5-10,15,18,20H,4,11-14,16-17H2,1-3H3,(H,26,29). The fourth-order valence-corrected chi connectivity index (χ4v) is 6.01. The molecule has 0 atom stereocenters. The van der Waals surface area contributed by atoms with Crippen LogP contribution in [0, 0.1) is 11.8 Å². The number of ether oxygens (including phenoxy) is 1. The van der Waals surface area contributed by atoms with Gasteiger partial charge in [-0.15, -0.1) is 0 Å². The third kappa shape index (κ3) is 5.01. The Morgan fingerprint density at radius 2 is 1.82 bits per heavy atom. The van der Waals surface area contributed by atoms with Crippen LogP contribution in [0.4, 0.5) is 5.69 Å². The highest BCUT2D eigenvalue weighted by atomic mass is 32.2. The minimum atomic E-state index is -3.82. The van der Waals surface area contributed by atoms with E-state index < -0.39 is 10.0 Å². The highest BCUT2D eigenvalue weighted by Crippen LogP contribution is 2.28. The van der Waals surface area contributed by atoms with E-state index in [-0.39, 0.29) is 16.5 Å². The molecule has 0 amide bonds. The molecule has 1 saturated heterocycles. The predicted octanol–water partition coefficient (Wildman–Crippen LogP) is 4.17. The molecule has 4 rings (SSSR count). The molecule has 33 heavy (non-hydrogen) atoms. The van der Waals surface area contributed by atoms with E-state index in [1.807, 2.05) is 38.1 Å². The van der Waals surface area contributed by atoms with E-state index in [9.17, 15) is 13.2 Å². The van der Waals surface area contributed by atoms with Gasteiger partial charge in [0.15, 0.2) is 0 Å². The summed E-state index contributed by atoms with van der Waals surface area (Å²) in [5, 5.41) is 0. The third-order valence-electron chi connectivity index (χ3n) is 6.28. The summed E-state index contributed by atoms with van der Waals surface area (Å²) >= 11 is 0. The molecule has 0 saturated carbocycles. The molecule has 3 aromatic rings. The van der Waals surface area contributed by atoms with Gasteiger partial charge in [0.1, 0.15) is 0 Å². The Kier molecular flexibility index (Phi) is 6.95. The zero-order valence-electron chi connectivity index (χ0n) is 19.6. The van der Waals surface area contributed by atoms with Crippen molar-refractivity contribution in [2.75, 3.05) is 24.1 Å². The zero-order valence-corrected chi connectivity index (χ0v) is 20.4. The average molecular weight is 472 g/mol. The maximum atomic E-state index is 13.8. The maximum Gasteiger partial charge on any atom is 0.326 e. The molecular formula is C25H33N3O4S. The number of imidazole rings is 1. The van der Waals surface area contributed by atoms with Crippen LogP contribution in [0.25, 0.3) is 11.0 Å². The van der Waals surface area contributed by atoms with Gasteiger partial charge in [0.2, 0.25) is 0 Å². The Morgan fingerprint density at radius 1 is 1.12 bits per heavy atom. The Morgan fingerprint density at radius 3 is 2.45 bits per heavy atom. The molecule has 2 aromatic carbocycles. The Bertz CT molecular complexity index is 1250. The van der Waals surface area contributed by atoms with E-state index in [2.05, 4.69) is 11.9 Å². The van der Waals surface area contributed by atoms with E-state index in [1.165, 1.54) is 4.31 Å². The molecule has 1 N–H and O–H groups in total. The van der Waals surface area contributed by atoms with Gasteiger partial charge in [-0.05, 0) is 67.0 Å². The van der Waals surface area contributed by atoms with Gasteiger partial charge in [-0.2, -0.15) is 0 Å². The molecule has 0 bridgehead atoms. The first-order valence-corrected chi connectivity index (χ1v) is 13.2. The number of rotatable bonds is 8. The van der Waals surface area contributed by atoms with Gasteiger partial charge in [-0.3, -0.25) is 8.87 Å². The van der Waals surface area contributed by atoms with E-state index in [4.69, 9.17) is 4.74 Å². The van der Waals surface area contributed by atoms with Gasteiger partial charge in [0, 0.05) is 26.3 Å². The second-order valence-corrected chi connectivity index (χ2v) is 11.1. The lowest BCUT2D eigenvalue weighted by Crippen LogP contribution is -2.34. The molecule has 7 nitrogen and oxygen atoms in total. The predicted molar refractivity (Wildman–Crippen MR) is 131 cm³/mol. The quantitative estimate of drug-likeness (QED) is 0.534. The molecular weight excluding hydrogens is 438 g/mol. The summed E-state index contributed by atoms with van der Waals surface area (Å²) in [4.78, 5) is 15.7. The second kappa shape index (κ2) is 9.73. The van der Waals surface area contributed by atoms with Crippen LogP contribution in [-0.2, 0) is 27.7 Å². The van der Waals surface area contributed by atoms with Crippen molar-refractivity contribution in [1.82, 2.24) is 9.55 Å². The minimum Gasteiger partial charge on any atom is -0.381 e. The third-order valence-corrected chi connectivity index (χ3v) is 8.07. The lowest BCUT2D eigenvalue weighted by Gasteiger charge is -2.26. The molecule has 1 aliphatic rings. The number of hydrogen-bond donors (Lipinski definition) is 1. The van der Waals surface area contributed by atoms with Crippen LogP contribution in [0.2, 0.25) is 0 Å². The van der Waals surface area contributed by atoms with Crippen molar-refractivity contribution < 1.29 is 13.2 Å². The van der Waals surface area contributed by atoms with Crippen molar-refractivity contribution in [3.8, 4) is 0 Å². The van der Waals surface area contributed by atoms with Gasteiger partial charge < -0.3 is 9.72 Å². The van der Waals surface area contributed by atoms with Crippen molar-refractivity contribution in [1.29, 1.82) is 0 Å². The number of anilines is 1. The Balaban J connectivity index is 1.74. The number of H-pyrrole nitrogens is 1. The summed E-state index contributed by atoms with van der Waals surface area (Å²) in [6, 6.07) is 12.6. The SMILES string of the molecule is CCc1ccc(N(CC(C)C)S(=O)(=O)c2ccc3[nH]c(=O)n(CC4CCOCC4)c3c2)cc1. The van der Waals surface area contributed by atoms with E-state index in [0.717, 1.165) is 24.8 Å². The van der Waals surface area contributed by atoms with Gasteiger partial charge in [0.05, 0.1) is 21.6 Å². The number of fused-ring (bicyclic) bond motifs is 1. The van der Waals surface area contributed by atoms with Crippen molar-refractivity contribution >= 4 is 26.7 Å². The summed E-state index contributed by atoms with van der Waals surface area (Å²) in [5.41, 5.74) is 2.87. The number of aryl methyl sites for hydroxylation is 1. The molecule has 0 spiro atoms.